The van der Waals surface area contributed by atoms with E-state index in [9.17, 15) is 8.42 Å². The van der Waals surface area contributed by atoms with Crippen LogP contribution in [0.3, 0.4) is 0 Å². The first-order chi connectivity index (χ1) is 14.0. The molecule has 0 amide bonds. The fourth-order valence-corrected chi connectivity index (χ4v) is 5.43. The first-order valence-corrected chi connectivity index (χ1v) is 11.5. The largest absolute Gasteiger partial charge is 0.268 e. The maximum Gasteiger partial charge on any atom is 0.268 e. The van der Waals surface area contributed by atoms with E-state index in [0.29, 0.717) is 11.3 Å². The lowest BCUT2D eigenvalue weighted by molar-refractivity contribution is 0.586. The third-order valence-electron chi connectivity index (χ3n) is 5.31. The van der Waals surface area contributed by atoms with E-state index in [2.05, 4.69) is 19.1 Å². The zero-order valence-electron chi connectivity index (χ0n) is 16.8. The molecular formula is C25H25NO2S. The maximum absolute atomic E-state index is 13.8. The Bertz CT molecular complexity index is 1240. The Kier molecular flexibility index (Phi) is 5.29. The molecule has 0 N–H and O–H groups in total. The highest BCUT2D eigenvalue weighted by Gasteiger charge is 2.27. The van der Waals surface area contributed by atoms with Crippen LogP contribution in [0.15, 0.2) is 83.8 Å². The molecule has 148 valence electrons. The van der Waals surface area contributed by atoms with E-state index in [-0.39, 0.29) is 0 Å². The summed E-state index contributed by atoms with van der Waals surface area (Å²) in [6.07, 6.45) is 2.64. The van der Waals surface area contributed by atoms with Crippen molar-refractivity contribution in [3.05, 3.63) is 90.1 Å². The summed E-state index contributed by atoms with van der Waals surface area (Å²) in [5, 5.41) is 0.973. The van der Waals surface area contributed by atoms with Crippen molar-refractivity contribution >= 4 is 20.9 Å². The van der Waals surface area contributed by atoms with Gasteiger partial charge in [0.15, 0.2) is 0 Å². The van der Waals surface area contributed by atoms with Crippen LogP contribution < -0.4 is 0 Å². The van der Waals surface area contributed by atoms with Crippen LogP contribution in [0.1, 0.15) is 31.0 Å². The van der Waals surface area contributed by atoms with Gasteiger partial charge in [-0.05, 0) is 43.5 Å². The molecule has 0 aliphatic heterocycles. The van der Waals surface area contributed by atoms with Gasteiger partial charge in [-0.3, -0.25) is 0 Å². The monoisotopic (exact) mass is 403 g/mol. The summed E-state index contributed by atoms with van der Waals surface area (Å²) in [5.41, 5.74) is 4.70. The summed E-state index contributed by atoms with van der Waals surface area (Å²) in [6.45, 7) is 4.09. The molecule has 0 saturated carbocycles. The Morgan fingerprint density at radius 3 is 2.17 bits per heavy atom. The fourth-order valence-electron chi connectivity index (χ4n) is 3.85. The third kappa shape index (κ3) is 3.49. The van der Waals surface area contributed by atoms with Crippen molar-refractivity contribution in [2.24, 2.45) is 0 Å². The maximum atomic E-state index is 13.8. The summed E-state index contributed by atoms with van der Waals surface area (Å²) in [7, 11) is -3.71. The molecule has 0 fully saturated rings. The Morgan fingerprint density at radius 2 is 1.48 bits per heavy atom. The second-order valence-corrected chi connectivity index (χ2v) is 9.18. The first-order valence-electron chi connectivity index (χ1n) is 10.0. The van der Waals surface area contributed by atoms with E-state index < -0.39 is 10.0 Å². The zero-order valence-corrected chi connectivity index (χ0v) is 17.6. The van der Waals surface area contributed by atoms with E-state index in [1.165, 1.54) is 0 Å². The number of rotatable bonds is 6. The molecule has 0 bridgehead atoms. The van der Waals surface area contributed by atoms with Gasteiger partial charge in [-0.1, -0.05) is 79.6 Å². The number of benzene rings is 3. The average molecular weight is 404 g/mol. The van der Waals surface area contributed by atoms with Gasteiger partial charge in [-0.25, -0.2) is 12.4 Å². The van der Waals surface area contributed by atoms with Gasteiger partial charge in [-0.2, -0.15) is 0 Å². The second kappa shape index (κ2) is 7.88. The van der Waals surface area contributed by atoms with Crippen LogP contribution in [0.4, 0.5) is 0 Å². The lowest BCUT2D eigenvalue weighted by Crippen LogP contribution is -2.16. The molecule has 0 aliphatic rings. The number of fused-ring (bicyclic) bond motifs is 1. The van der Waals surface area contributed by atoms with Crippen molar-refractivity contribution < 1.29 is 8.42 Å². The normalized spacial score (nSPS) is 11.8. The molecule has 3 aromatic carbocycles. The molecule has 0 atom stereocenters. The van der Waals surface area contributed by atoms with Crippen LogP contribution in [0.2, 0.25) is 0 Å². The zero-order chi connectivity index (χ0) is 20.4. The van der Waals surface area contributed by atoms with Crippen LogP contribution >= 0.6 is 0 Å². The molecule has 4 heteroatoms. The van der Waals surface area contributed by atoms with Gasteiger partial charge < -0.3 is 0 Å². The van der Waals surface area contributed by atoms with E-state index in [4.69, 9.17) is 0 Å². The van der Waals surface area contributed by atoms with Crippen molar-refractivity contribution in [3.8, 4) is 11.1 Å². The van der Waals surface area contributed by atoms with Gasteiger partial charge in [0.1, 0.15) is 0 Å². The van der Waals surface area contributed by atoms with E-state index in [0.717, 1.165) is 46.1 Å². The van der Waals surface area contributed by atoms with Crippen LogP contribution in [-0.4, -0.2) is 12.4 Å². The van der Waals surface area contributed by atoms with Crippen LogP contribution in [0.5, 0.6) is 0 Å². The molecule has 4 rings (SSSR count). The lowest BCUT2D eigenvalue weighted by atomic mass is 10.00. The average Bonchev–Trinajstić information content (AvgIpc) is 3.08. The summed E-state index contributed by atoms with van der Waals surface area (Å²) in [5.74, 6) is 0. The molecule has 0 unspecified atom stereocenters. The second-order valence-electron chi connectivity index (χ2n) is 7.39. The number of para-hydroxylation sites is 1. The van der Waals surface area contributed by atoms with Crippen molar-refractivity contribution in [2.75, 3.05) is 0 Å². The van der Waals surface area contributed by atoms with Gasteiger partial charge in [0.25, 0.3) is 10.0 Å². The smallest absolute Gasteiger partial charge is 0.237 e. The van der Waals surface area contributed by atoms with Gasteiger partial charge in [-0.15, -0.1) is 0 Å². The minimum atomic E-state index is -3.71. The van der Waals surface area contributed by atoms with Crippen LogP contribution in [-0.2, 0) is 16.4 Å². The Balaban J connectivity index is 2.07. The van der Waals surface area contributed by atoms with Crippen molar-refractivity contribution in [3.63, 3.8) is 0 Å². The van der Waals surface area contributed by atoms with Crippen LogP contribution in [0.25, 0.3) is 22.0 Å². The minimum absolute atomic E-state index is 0.321. The summed E-state index contributed by atoms with van der Waals surface area (Å²) < 4.78 is 29.1. The molecule has 1 heterocycles. The van der Waals surface area contributed by atoms with Gasteiger partial charge in [0.05, 0.1) is 10.4 Å². The SMILES string of the molecule is CCCCc1c(-c2ccccc2)c2ccccc2n1S(=O)(=O)c1ccc(C)cc1. The lowest BCUT2D eigenvalue weighted by Gasteiger charge is -2.13. The summed E-state index contributed by atoms with van der Waals surface area (Å²) >= 11 is 0. The highest BCUT2D eigenvalue weighted by molar-refractivity contribution is 7.90. The van der Waals surface area contributed by atoms with Crippen molar-refractivity contribution in [1.82, 2.24) is 3.97 Å². The molecular weight excluding hydrogens is 378 g/mol. The Labute approximate surface area is 172 Å². The quantitative estimate of drug-likeness (QED) is 0.385. The number of aromatic nitrogens is 1. The molecule has 0 saturated heterocycles. The predicted molar refractivity (Wildman–Crippen MR) is 120 cm³/mol. The molecule has 0 spiro atoms. The van der Waals surface area contributed by atoms with E-state index in [1.54, 1.807) is 16.1 Å². The number of nitrogens with zero attached hydrogens (tertiary/aromatic N) is 1. The molecule has 29 heavy (non-hydrogen) atoms. The Hall–Kier alpha value is -2.85. The van der Waals surface area contributed by atoms with Gasteiger partial charge >= 0.3 is 0 Å². The molecule has 0 radical (unpaired) electrons. The number of unbranched alkanes of at least 4 members (excludes halogenated alkanes) is 1. The third-order valence-corrected chi connectivity index (χ3v) is 7.08. The highest BCUT2D eigenvalue weighted by atomic mass is 32.2. The Morgan fingerprint density at radius 1 is 0.828 bits per heavy atom. The van der Waals surface area contributed by atoms with Gasteiger partial charge in [0, 0.05) is 16.6 Å². The molecule has 4 aromatic rings. The standard InChI is InChI=1S/C25H25NO2S/c1-3-4-13-24-25(20-10-6-5-7-11-20)22-12-8-9-14-23(22)26(24)29(27,28)21-17-15-19(2)16-18-21/h5-12,14-18H,3-4,13H2,1-2H3. The topological polar surface area (TPSA) is 39.1 Å². The molecule has 1 aromatic heterocycles. The first kappa shape index (κ1) is 19.5. The number of hydrogen-bond donors (Lipinski definition) is 0. The highest BCUT2D eigenvalue weighted by Crippen LogP contribution is 2.38. The predicted octanol–water partition coefficient (Wildman–Crippen LogP) is 6.20. The van der Waals surface area contributed by atoms with Crippen molar-refractivity contribution in [2.45, 2.75) is 38.0 Å². The summed E-state index contributed by atoms with van der Waals surface area (Å²) in [4.78, 5) is 0.321. The van der Waals surface area contributed by atoms with Crippen molar-refractivity contribution in [1.29, 1.82) is 0 Å². The minimum Gasteiger partial charge on any atom is -0.237 e. The van der Waals surface area contributed by atoms with E-state index in [1.807, 2.05) is 61.5 Å². The van der Waals surface area contributed by atoms with Gasteiger partial charge in [0.2, 0.25) is 0 Å². The number of hydrogen-bond acceptors (Lipinski definition) is 2. The molecule has 3 nitrogen and oxygen atoms in total. The number of aryl methyl sites for hydroxylation is 1. The molecule has 0 aliphatic carbocycles. The summed E-state index contributed by atoms with van der Waals surface area (Å²) in [6, 6.07) is 25.0. The fraction of sp³-hybridized carbons (Fsp3) is 0.200. The van der Waals surface area contributed by atoms with E-state index >= 15 is 0 Å². The van der Waals surface area contributed by atoms with Crippen LogP contribution in [0, 0.1) is 6.92 Å².